The lowest BCUT2D eigenvalue weighted by atomic mass is 9.47. The van der Waals surface area contributed by atoms with Gasteiger partial charge in [-0.05, 0) is 102 Å². The van der Waals surface area contributed by atoms with Crippen molar-refractivity contribution in [2.24, 2.45) is 28.6 Å². The van der Waals surface area contributed by atoms with Crippen molar-refractivity contribution in [1.29, 1.82) is 0 Å². The Balaban J connectivity index is 1.14. The smallest absolute Gasteiger partial charge is 0.434 e. The molecule has 0 aromatic carbocycles. The molecule has 0 radical (unpaired) electrons. The van der Waals surface area contributed by atoms with E-state index in [9.17, 15) is 4.79 Å². The van der Waals surface area contributed by atoms with Crippen LogP contribution >= 0.6 is 0 Å². The summed E-state index contributed by atoms with van der Waals surface area (Å²) >= 11 is 0. The molecule has 1 heterocycles. The molecule has 5 rings (SSSR count). The van der Waals surface area contributed by atoms with E-state index in [1.165, 1.54) is 36.0 Å². The number of hydrogen-bond acceptors (Lipinski definition) is 5. The van der Waals surface area contributed by atoms with Crippen LogP contribution in [0.5, 0.6) is 0 Å². The molecular weight excluding hydrogens is 514 g/mol. The maximum absolute atomic E-state index is 12.5. The second kappa shape index (κ2) is 11.1. The maximum Gasteiger partial charge on any atom is 0.508 e. The van der Waals surface area contributed by atoms with E-state index < -0.39 is 14.5 Å². The average molecular weight is 566 g/mol. The van der Waals surface area contributed by atoms with E-state index in [4.69, 9.17) is 13.9 Å². The second-order valence-electron chi connectivity index (χ2n) is 14.9. The number of hydrogen-bond donors (Lipinski definition) is 0. The van der Waals surface area contributed by atoms with Crippen LogP contribution < -0.4 is 0 Å². The third kappa shape index (κ3) is 5.47. The van der Waals surface area contributed by atoms with Crippen LogP contribution in [-0.4, -0.2) is 38.8 Å². The maximum atomic E-state index is 12.5. The highest BCUT2D eigenvalue weighted by Gasteiger charge is 2.57. The molecule has 1 aromatic rings. The Morgan fingerprint density at radius 3 is 2.55 bits per heavy atom. The first kappa shape index (κ1) is 29.6. The van der Waals surface area contributed by atoms with Gasteiger partial charge < -0.3 is 13.9 Å². The summed E-state index contributed by atoms with van der Waals surface area (Å²) < 4.78 is 17.5. The van der Waals surface area contributed by atoms with Crippen LogP contribution in [0.4, 0.5) is 4.79 Å². The first-order valence-electron chi connectivity index (χ1n) is 15.6. The van der Waals surface area contributed by atoms with Crippen molar-refractivity contribution in [2.45, 2.75) is 110 Å². The van der Waals surface area contributed by atoms with E-state index in [1.54, 1.807) is 0 Å². The highest BCUT2D eigenvalue weighted by molar-refractivity contribution is 6.74. The van der Waals surface area contributed by atoms with Crippen LogP contribution in [0.2, 0.25) is 18.1 Å². The fourth-order valence-electron chi connectivity index (χ4n) is 8.19. The highest BCUT2D eigenvalue weighted by Crippen LogP contribution is 2.66. The third-order valence-electron chi connectivity index (χ3n) is 11.7. The summed E-state index contributed by atoms with van der Waals surface area (Å²) in [6.45, 7) is 17.2. The minimum Gasteiger partial charge on any atom is -0.434 e. The number of aromatic nitrogens is 1. The molecule has 0 spiro atoms. The van der Waals surface area contributed by atoms with Crippen molar-refractivity contribution in [3.63, 3.8) is 0 Å². The van der Waals surface area contributed by atoms with Crippen molar-refractivity contribution < 1.29 is 18.7 Å². The van der Waals surface area contributed by atoms with Gasteiger partial charge in [-0.1, -0.05) is 58.4 Å². The molecule has 0 bridgehead atoms. The number of fused-ring (bicyclic) bond motifs is 5. The Hall–Kier alpha value is -1.92. The van der Waals surface area contributed by atoms with Crippen LogP contribution in [0.25, 0.3) is 5.57 Å². The molecule has 0 saturated heterocycles. The summed E-state index contributed by atoms with van der Waals surface area (Å²) in [6, 6.07) is 4.30. The Morgan fingerprint density at radius 1 is 1.05 bits per heavy atom. The predicted octanol–water partition coefficient (Wildman–Crippen LogP) is 8.97. The van der Waals surface area contributed by atoms with Crippen molar-refractivity contribution in [3.05, 3.63) is 47.8 Å². The third-order valence-corrected chi connectivity index (χ3v) is 16.2. The van der Waals surface area contributed by atoms with Gasteiger partial charge in [-0.25, -0.2) is 4.79 Å². The number of nitrogens with zero attached hydrogens (tertiary/aromatic N) is 1. The molecule has 0 amide bonds. The summed E-state index contributed by atoms with van der Waals surface area (Å²) in [5.74, 6) is 2.12. The Kier molecular flexibility index (Phi) is 8.17. The average Bonchev–Trinajstić information content (AvgIpc) is 3.25. The first-order valence-corrected chi connectivity index (χ1v) is 18.5. The van der Waals surface area contributed by atoms with Crippen LogP contribution in [-0.2, 0) is 13.9 Å². The lowest BCUT2D eigenvalue weighted by Crippen LogP contribution is -2.50. The van der Waals surface area contributed by atoms with Gasteiger partial charge in [0, 0.05) is 31.8 Å². The molecule has 4 aliphatic carbocycles. The minimum atomic E-state index is -1.77. The van der Waals surface area contributed by atoms with Crippen LogP contribution in [0.1, 0.15) is 91.5 Å². The molecule has 0 aliphatic heterocycles. The van der Waals surface area contributed by atoms with Gasteiger partial charge in [0.1, 0.15) is 6.10 Å². The molecule has 2 fully saturated rings. The van der Waals surface area contributed by atoms with Crippen molar-refractivity contribution in [1.82, 2.24) is 4.98 Å². The topological polar surface area (TPSA) is 57.7 Å². The first-order chi connectivity index (χ1) is 18.8. The predicted molar refractivity (Wildman–Crippen MR) is 163 cm³/mol. The van der Waals surface area contributed by atoms with Crippen molar-refractivity contribution in [3.8, 4) is 0 Å². The molecule has 6 heteroatoms. The zero-order chi connectivity index (χ0) is 28.8. The normalized spacial score (nSPS) is 33.7. The van der Waals surface area contributed by atoms with Crippen LogP contribution in [0.15, 0.2) is 42.3 Å². The van der Waals surface area contributed by atoms with Crippen molar-refractivity contribution >= 4 is 20.0 Å². The fraction of sp³-hybridized carbons (Fsp3) is 0.706. The van der Waals surface area contributed by atoms with E-state index in [2.05, 4.69) is 77.0 Å². The quantitative estimate of drug-likeness (QED) is 0.143. The monoisotopic (exact) mass is 565 g/mol. The van der Waals surface area contributed by atoms with E-state index >= 15 is 0 Å². The number of carbonyl (C=O) groups is 1. The SMILES string of the molecule is CC(C)(C)[Si](C)(C)OCCCOC(=O)O[C@H]1CC[C@@]2(C)C(=CC[C@@H]3[C@@H]2CC[C@]2(C)C(c4cccnc4)=CC[C@@H]32)C1. The Labute approximate surface area is 243 Å². The van der Waals surface area contributed by atoms with E-state index in [1.807, 2.05) is 12.4 Å². The summed E-state index contributed by atoms with van der Waals surface area (Å²) in [7, 11) is -1.77. The molecule has 220 valence electrons. The molecule has 0 unspecified atom stereocenters. The van der Waals surface area contributed by atoms with E-state index in [0.29, 0.717) is 37.4 Å². The van der Waals surface area contributed by atoms with Crippen molar-refractivity contribution in [2.75, 3.05) is 13.2 Å². The summed E-state index contributed by atoms with van der Waals surface area (Å²) in [4.78, 5) is 16.9. The van der Waals surface area contributed by atoms with Gasteiger partial charge in [0.25, 0.3) is 0 Å². The minimum absolute atomic E-state index is 0.0777. The fourth-order valence-corrected chi connectivity index (χ4v) is 9.28. The molecule has 40 heavy (non-hydrogen) atoms. The van der Waals surface area contributed by atoms with Gasteiger partial charge in [0.05, 0.1) is 6.61 Å². The molecule has 2 saturated carbocycles. The number of rotatable bonds is 7. The Morgan fingerprint density at radius 2 is 1.82 bits per heavy atom. The summed E-state index contributed by atoms with van der Waals surface area (Å²) in [5.41, 5.74) is 4.79. The molecule has 4 aliphatic rings. The molecule has 1 aromatic heterocycles. The van der Waals surface area contributed by atoms with Gasteiger partial charge >= 0.3 is 6.16 Å². The lowest BCUT2D eigenvalue weighted by Gasteiger charge is -2.57. The number of ether oxygens (including phenoxy) is 2. The zero-order valence-electron chi connectivity index (χ0n) is 25.9. The second-order valence-corrected chi connectivity index (χ2v) is 19.7. The zero-order valence-corrected chi connectivity index (χ0v) is 26.9. The summed E-state index contributed by atoms with van der Waals surface area (Å²) in [5, 5.41) is 0.185. The molecule has 6 atom stereocenters. The van der Waals surface area contributed by atoms with Gasteiger partial charge in [-0.2, -0.15) is 0 Å². The largest absolute Gasteiger partial charge is 0.508 e. The Bertz CT molecular complexity index is 1140. The van der Waals surface area contributed by atoms with E-state index in [-0.39, 0.29) is 22.0 Å². The highest BCUT2D eigenvalue weighted by atomic mass is 28.4. The van der Waals surface area contributed by atoms with Gasteiger partial charge in [-0.3, -0.25) is 4.98 Å². The van der Waals surface area contributed by atoms with Gasteiger partial charge in [0.2, 0.25) is 0 Å². The van der Waals surface area contributed by atoms with Crippen LogP contribution in [0, 0.1) is 28.6 Å². The molecule has 5 nitrogen and oxygen atoms in total. The summed E-state index contributed by atoms with van der Waals surface area (Å²) in [6.07, 6.45) is 16.8. The number of pyridine rings is 1. The lowest BCUT2D eigenvalue weighted by molar-refractivity contribution is -0.0362. The van der Waals surface area contributed by atoms with Crippen LogP contribution in [0.3, 0.4) is 0 Å². The molecular formula is C34H51NO4Si. The molecule has 0 N–H and O–H groups in total. The standard InChI is InChI=1S/C34H51NO4Si/c1-32(2,3)40(6,7)38-21-9-20-37-31(36)39-26-15-17-33(4)25(22-26)11-12-27-29-14-13-28(24-10-8-19-35-23-24)34(29,5)18-16-30(27)33/h8,10-11,13,19,23,26-27,29-30H,9,12,14-18,20-22H2,1-7H3/t26-,27-,29-,30-,33-,34+/m0/s1. The number of allylic oxidation sites excluding steroid dienone is 3. The van der Waals surface area contributed by atoms with E-state index in [0.717, 1.165) is 25.7 Å². The van der Waals surface area contributed by atoms with Gasteiger partial charge in [0.15, 0.2) is 8.32 Å². The number of carbonyl (C=O) groups excluding carboxylic acids is 1. The van der Waals surface area contributed by atoms with Gasteiger partial charge in [-0.15, -0.1) is 0 Å².